The van der Waals surface area contributed by atoms with Crippen molar-refractivity contribution in [3.05, 3.63) is 64.7 Å². The summed E-state index contributed by atoms with van der Waals surface area (Å²) in [5, 5.41) is 7.13. The largest absolute Gasteiger partial charge is 0.497 e. The highest BCUT2D eigenvalue weighted by atomic mass is 16.5. The summed E-state index contributed by atoms with van der Waals surface area (Å²) in [6, 6.07) is 12.8. The maximum Gasteiger partial charge on any atom is 0.346 e. The van der Waals surface area contributed by atoms with Crippen molar-refractivity contribution in [1.82, 2.24) is 24.6 Å². The summed E-state index contributed by atoms with van der Waals surface area (Å²) < 4.78 is 7.93. The Hall–Kier alpha value is -3.42. The molecule has 0 bridgehead atoms. The number of amides is 1. The van der Waals surface area contributed by atoms with Crippen LogP contribution in [-0.4, -0.2) is 38.9 Å². The molecule has 1 aromatic carbocycles. The van der Waals surface area contributed by atoms with E-state index in [2.05, 4.69) is 15.4 Å². The van der Waals surface area contributed by atoms with Crippen LogP contribution in [0.5, 0.6) is 5.75 Å². The van der Waals surface area contributed by atoms with Crippen molar-refractivity contribution in [1.29, 1.82) is 0 Å². The standard InChI is InChI=1S/C19H21N5O3/c1-23-18(16-8-3-4-9-20-16)22-24(19(23)26)11-10-21-17(25)13-14-6-5-7-15(12-14)27-2/h3-9,12H,10-11,13H2,1-2H3,(H,21,25). The maximum atomic E-state index is 12.3. The first-order valence-corrected chi connectivity index (χ1v) is 8.53. The van der Waals surface area contributed by atoms with Crippen molar-refractivity contribution in [3.8, 4) is 17.3 Å². The van der Waals surface area contributed by atoms with Crippen LogP contribution in [0.25, 0.3) is 11.5 Å². The van der Waals surface area contributed by atoms with Gasteiger partial charge in [-0.25, -0.2) is 9.48 Å². The zero-order valence-corrected chi connectivity index (χ0v) is 15.3. The van der Waals surface area contributed by atoms with E-state index in [1.54, 1.807) is 32.5 Å². The number of pyridine rings is 1. The van der Waals surface area contributed by atoms with Gasteiger partial charge < -0.3 is 10.1 Å². The van der Waals surface area contributed by atoms with Gasteiger partial charge in [0.15, 0.2) is 5.82 Å². The normalized spacial score (nSPS) is 10.6. The number of rotatable bonds is 7. The molecule has 0 aliphatic heterocycles. The molecule has 2 aromatic heterocycles. The highest BCUT2D eigenvalue weighted by Crippen LogP contribution is 2.13. The van der Waals surface area contributed by atoms with E-state index >= 15 is 0 Å². The van der Waals surface area contributed by atoms with Crippen molar-refractivity contribution in [2.75, 3.05) is 13.7 Å². The second-order valence-electron chi connectivity index (χ2n) is 5.98. The van der Waals surface area contributed by atoms with Crippen LogP contribution in [0, 0.1) is 0 Å². The van der Waals surface area contributed by atoms with Gasteiger partial charge in [-0.2, -0.15) is 0 Å². The molecule has 140 valence electrons. The van der Waals surface area contributed by atoms with Crippen LogP contribution in [0.2, 0.25) is 0 Å². The Balaban J connectivity index is 1.59. The fourth-order valence-electron chi connectivity index (χ4n) is 2.68. The summed E-state index contributed by atoms with van der Waals surface area (Å²) in [5.74, 6) is 1.07. The molecule has 0 spiro atoms. The predicted octanol–water partition coefficient (Wildman–Crippen LogP) is 1.01. The number of hydrogen-bond donors (Lipinski definition) is 1. The number of methoxy groups -OCH3 is 1. The van der Waals surface area contributed by atoms with Crippen molar-refractivity contribution < 1.29 is 9.53 Å². The zero-order chi connectivity index (χ0) is 19.2. The van der Waals surface area contributed by atoms with E-state index in [0.717, 1.165) is 5.56 Å². The lowest BCUT2D eigenvalue weighted by molar-refractivity contribution is -0.120. The summed E-state index contributed by atoms with van der Waals surface area (Å²) in [4.78, 5) is 28.6. The fourth-order valence-corrected chi connectivity index (χ4v) is 2.68. The zero-order valence-electron chi connectivity index (χ0n) is 15.3. The van der Waals surface area contributed by atoms with Gasteiger partial charge in [-0.1, -0.05) is 18.2 Å². The highest BCUT2D eigenvalue weighted by Gasteiger charge is 2.13. The van der Waals surface area contributed by atoms with E-state index in [0.29, 0.717) is 23.8 Å². The van der Waals surface area contributed by atoms with Crippen LogP contribution in [0.3, 0.4) is 0 Å². The lowest BCUT2D eigenvalue weighted by Crippen LogP contribution is -2.32. The second-order valence-corrected chi connectivity index (χ2v) is 5.98. The van der Waals surface area contributed by atoms with Gasteiger partial charge in [-0.15, -0.1) is 5.10 Å². The Bertz CT molecular complexity index is 979. The minimum atomic E-state index is -0.252. The Labute approximate surface area is 156 Å². The molecule has 1 N–H and O–H groups in total. The summed E-state index contributed by atoms with van der Waals surface area (Å²) in [6.45, 7) is 0.588. The first-order valence-electron chi connectivity index (χ1n) is 8.53. The summed E-state index contributed by atoms with van der Waals surface area (Å²) in [5.41, 5.74) is 1.23. The number of carbonyl (C=O) groups is 1. The molecule has 0 saturated carbocycles. The summed E-state index contributed by atoms with van der Waals surface area (Å²) in [7, 11) is 3.24. The van der Waals surface area contributed by atoms with Gasteiger partial charge in [-0.05, 0) is 29.8 Å². The number of benzene rings is 1. The number of nitrogens with zero attached hydrogens (tertiary/aromatic N) is 4. The van der Waals surface area contributed by atoms with Crippen LogP contribution in [-0.2, 0) is 24.8 Å². The van der Waals surface area contributed by atoms with Gasteiger partial charge in [0.05, 0.1) is 20.1 Å². The molecule has 0 aliphatic carbocycles. The van der Waals surface area contributed by atoms with Crippen LogP contribution in [0.1, 0.15) is 5.56 Å². The van der Waals surface area contributed by atoms with Crippen molar-refractivity contribution in [2.24, 2.45) is 7.05 Å². The minimum Gasteiger partial charge on any atom is -0.497 e. The monoisotopic (exact) mass is 367 g/mol. The molecule has 0 fully saturated rings. The van der Waals surface area contributed by atoms with Crippen LogP contribution >= 0.6 is 0 Å². The van der Waals surface area contributed by atoms with Crippen molar-refractivity contribution in [3.63, 3.8) is 0 Å². The number of nitrogens with one attached hydrogen (secondary N) is 1. The Morgan fingerprint density at radius 3 is 2.81 bits per heavy atom. The molecule has 27 heavy (non-hydrogen) atoms. The third-order valence-electron chi connectivity index (χ3n) is 4.08. The number of hydrogen-bond acceptors (Lipinski definition) is 5. The van der Waals surface area contributed by atoms with E-state index in [-0.39, 0.29) is 24.6 Å². The Morgan fingerprint density at radius 2 is 2.07 bits per heavy atom. The smallest absolute Gasteiger partial charge is 0.346 e. The number of carbonyl (C=O) groups excluding carboxylic acids is 1. The average molecular weight is 367 g/mol. The molecule has 0 saturated heterocycles. The lowest BCUT2D eigenvalue weighted by Gasteiger charge is -2.06. The van der Waals surface area contributed by atoms with Gasteiger partial charge in [0.1, 0.15) is 11.4 Å². The predicted molar refractivity (Wildman–Crippen MR) is 100 cm³/mol. The molecule has 0 atom stereocenters. The molecule has 0 radical (unpaired) electrons. The third-order valence-corrected chi connectivity index (χ3v) is 4.08. The second kappa shape index (κ2) is 8.31. The van der Waals surface area contributed by atoms with Gasteiger partial charge in [0.2, 0.25) is 5.91 Å². The van der Waals surface area contributed by atoms with Gasteiger partial charge in [-0.3, -0.25) is 14.3 Å². The lowest BCUT2D eigenvalue weighted by atomic mass is 10.1. The average Bonchev–Trinajstić information content (AvgIpc) is 2.97. The molecule has 3 aromatic rings. The third kappa shape index (κ3) is 4.41. The quantitative estimate of drug-likeness (QED) is 0.673. The molecule has 8 heteroatoms. The fraction of sp³-hybridized carbons (Fsp3) is 0.263. The van der Waals surface area contributed by atoms with E-state index in [1.165, 1.54) is 9.25 Å². The van der Waals surface area contributed by atoms with E-state index in [4.69, 9.17) is 4.74 Å². The topological polar surface area (TPSA) is 91.0 Å². The molecule has 8 nitrogen and oxygen atoms in total. The highest BCUT2D eigenvalue weighted by molar-refractivity contribution is 5.78. The van der Waals surface area contributed by atoms with Crippen molar-refractivity contribution in [2.45, 2.75) is 13.0 Å². The minimum absolute atomic E-state index is 0.128. The molecule has 2 heterocycles. The molecular formula is C19H21N5O3. The first-order chi connectivity index (χ1) is 13.1. The van der Waals surface area contributed by atoms with Gasteiger partial charge >= 0.3 is 5.69 Å². The van der Waals surface area contributed by atoms with E-state index < -0.39 is 0 Å². The SMILES string of the molecule is COc1cccc(CC(=O)NCCn2nc(-c3ccccn3)n(C)c2=O)c1. The number of aromatic nitrogens is 4. The Kier molecular flexibility index (Phi) is 5.65. The maximum absolute atomic E-state index is 12.3. The van der Waals surface area contributed by atoms with Gasteiger partial charge in [0.25, 0.3) is 0 Å². The summed E-state index contributed by atoms with van der Waals surface area (Å²) >= 11 is 0. The van der Waals surface area contributed by atoms with Crippen LogP contribution in [0.4, 0.5) is 0 Å². The van der Waals surface area contributed by atoms with E-state index in [9.17, 15) is 9.59 Å². The van der Waals surface area contributed by atoms with E-state index in [1.807, 2.05) is 30.3 Å². The van der Waals surface area contributed by atoms with Crippen molar-refractivity contribution >= 4 is 5.91 Å². The van der Waals surface area contributed by atoms with Crippen LogP contribution < -0.4 is 15.7 Å². The molecule has 0 aliphatic rings. The molecule has 0 unspecified atom stereocenters. The first kappa shape index (κ1) is 18.4. The van der Waals surface area contributed by atoms with Gasteiger partial charge in [0, 0.05) is 19.8 Å². The summed E-state index contributed by atoms with van der Waals surface area (Å²) in [6.07, 6.45) is 1.89. The molecular weight excluding hydrogens is 346 g/mol. The van der Waals surface area contributed by atoms with Crippen LogP contribution in [0.15, 0.2) is 53.5 Å². The Morgan fingerprint density at radius 1 is 1.22 bits per heavy atom. The number of ether oxygens (including phenoxy) is 1. The molecule has 1 amide bonds. The molecule has 3 rings (SSSR count).